The van der Waals surface area contributed by atoms with Gasteiger partial charge in [0.1, 0.15) is 0 Å². The molecule has 0 unspecified atom stereocenters. The van der Waals surface area contributed by atoms with E-state index in [1.54, 1.807) is 6.20 Å². The van der Waals surface area contributed by atoms with Crippen LogP contribution in [0.4, 0.5) is 0 Å². The third-order valence-electron chi connectivity index (χ3n) is 2.96. The molecule has 3 heterocycles. The van der Waals surface area contributed by atoms with Crippen molar-refractivity contribution in [2.45, 2.75) is 19.9 Å². The number of hydrogen-bond donors (Lipinski definition) is 1. The van der Waals surface area contributed by atoms with Crippen molar-refractivity contribution in [1.82, 2.24) is 14.5 Å². The van der Waals surface area contributed by atoms with Gasteiger partial charge in [-0.15, -0.1) is 11.3 Å². The largest absolute Gasteiger partial charge is 0.329 e. The Kier molecular flexibility index (Phi) is 3.43. The summed E-state index contributed by atoms with van der Waals surface area (Å²) in [5.41, 5.74) is 1.73. The number of halogens is 1. The van der Waals surface area contributed by atoms with Gasteiger partial charge in [-0.05, 0) is 36.8 Å². The summed E-state index contributed by atoms with van der Waals surface area (Å²) in [6.45, 7) is 2.91. The van der Waals surface area contributed by atoms with Crippen molar-refractivity contribution in [2.75, 3.05) is 0 Å². The summed E-state index contributed by atoms with van der Waals surface area (Å²) in [4.78, 5) is 10.2. The standard InChI is InChI=1S/C13H12ClN3S2/c1-2-9-3-4-10(19-9)7-17-12-11(16-13(17)18)5-8(14)6-15-12/h3-6H,2,7H2,1H3,(H,16,18). The van der Waals surface area contributed by atoms with E-state index in [1.807, 2.05) is 22.0 Å². The molecule has 0 amide bonds. The number of aromatic amines is 1. The lowest BCUT2D eigenvalue weighted by atomic mass is 10.3. The average Bonchev–Trinajstić information content (AvgIpc) is 2.95. The highest BCUT2D eigenvalue weighted by atomic mass is 35.5. The SMILES string of the molecule is CCc1ccc(Cn2c(=S)[nH]c3cc(Cl)cnc32)s1. The number of aromatic nitrogens is 3. The first-order chi connectivity index (χ1) is 9.17. The Hall–Kier alpha value is -1.17. The second-order valence-electron chi connectivity index (χ2n) is 4.26. The summed E-state index contributed by atoms with van der Waals surface area (Å²) >= 11 is 13.1. The number of H-pyrrole nitrogens is 1. The third-order valence-corrected chi connectivity index (χ3v) is 4.70. The van der Waals surface area contributed by atoms with Crippen molar-refractivity contribution < 1.29 is 0 Å². The molecular formula is C13H12ClN3S2. The molecule has 3 rings (SSSR count). The van der Waals surface area contributed by atoms with E-state index < -0.39 is 0 Å². The summed E-state index contributed by atoms with van der Waals surface area (Å²) in [5.74, 6) is 0. The van der Waals surface area contributed by atoms with E-state index in [1.165, 1.54) is 9.75 Å². The molecule has 19 heavy (non-hydrogen) atoms. The number of pyridine rings is 1. The van der Waals surface area contributed by atoms with Gasteiger partial charge in [0.15, 0.2) is 10.4 Å². The molecule has 0 radical (unpaired) electrons. The van der Waals surface area contributed by atoms with Crippen molar-refractivity contribution in [3.8, 4) is 0 Å². The quantitative estimate of drug-likeness (QED) is 0.727. The Labute approximate surface area is 124 Å². The maximum atomic E-state index is 5.94. The fourth-order valence-electron chi connectivity index (χ4n) is 2.02. The highest BCUT2D eigenvalue weighted by Crippen LogP contribution is 2.21. The van der Waals surface area contributed by atoms with Gasteiger partial charge in [-0.1, -0.05) is 18.5 Å². The Morgan fingerprint density at radius 2 is 2.21 bits per heavy atom. The summed E-state index contributed by atoms with van der Waals surface area (Å²) in [6.07, 6.45) is 2.71. The van der Waals surface area contributed by atoms with Gasteiger partial charge in [0.05, 0.1) is 17.1 Å². The van der Waals surface area contributed by atoms with Crippen LogP contribution in [0, 0.1) is 4.77 Å². The molecule has 0 aliphatic rings. The highest BCUT2D eigenvalue weighted by Gasteiger charge is 2.08. The Morgan fingerprint density at radius 3 is 2.95 bits per heavy atom. The van der Waals surface area contributed by atoms with Crippen LogP contribution in [0.2, 0.25) is 5.02 Å². The third kappa shape index (κ3) is 2.45. The molecule has 1 N–H and O–H groups in total. The second kappa shape index (κ2) is 5.07. The van der Waals surface area contributed by atoms with E-state index in [0.29, 0.717) is 9.79 Å². The lowest BCUT2D eigenvalue weighted by Crippen LogP contribution is -1.98. The molecule has 0 saturated carbocycles. The molecule has 3 nitrogen and oxygen atoms in total. The molecule has 6 heteroatoms. The highest BCUT2D eigenvalue weighted by molar-refractivity contribution is 7.71. The molecular weight excluding hydrogens is 298 g/mol. The van der Waals surface area contributed by atoms with Crippen LogP contribution in [0.25, 0.3) is 11.2 Å². The van der Waals surface area contributed by atoms with E-state index in [0.717, 1.165) is 24.1 Å². The van der Waals surface area contributed by atoms with Crippen LogP contribution >= 0.6 is 35.2 Å². The zero-order valence-corrected chi connectivity index (χ0v) is 12.7. The predicted molar refractivity (Wildman–Crippen MR) is 82.7 cm³/mol. The first-order valence-electron chi connectivity index (χ1n) is 5.99. The monoisotopic (exact) mass is 309 g/mol. The van der Waals surface area contributed by atoms with Gasteiger partial charge in [-0.3, -0.25) is 4.57 Å². The van der Waals surface area contributed by atoms with Crippen molar-refractivity contribution in [1.29, 1.82) is 0 Å². The normalized spacial score (nSPS) is 11.3. The van der Waals surface area contributed by atoms with Gasteiger partial charge in [-0.25, -0.2) is 4.98 Å². The van der Waals surface area contributed by atoms with E-state index in [4.69, 9.17) is 23.8 Å². The molecule has 0 aliphatic carbocycles. The fourth-order valence-corrected chi connectivity index (χ4v) is 3.38. The molecule has 0 fully saturated rings. The first kappa shape index (κ1) is 12.8. The van der Waals surface area contributed by atoms with Crippen LogP contribution in [0.1, 0.15) is 16.7 Å². The van der Waals surface area contributed by atoms with E-state index in [2.05, 4.69) is 29.0 Å². The number of fused-ring (bicyclic) bond motifs is 1. The number of hydrogen-bond acceptors (Lipinski definition) is 3. The van der Waals surface area contributed by atoms with Crippen molar-refractivity contribution in [3.05, 3.63) is 43.9 Å². The number of imidazole rings is 1. The molecule has 98 valence electrons. The molecule has 0 bridgehead atoms. The lowest BCUT2D eigenvalue weighted by molar-refractivity contribution is 0.813. The molecule has 0 aliphatic heterocycles. The maximum absolute atomic E-state index is 5.94. The van der Waals surface area contributed by atoms with Crippen LogP contribution in [0.5, 0.6) is 0 Å². The predicted octanol–water partition coefficient (Wildman–Crippen LogP) is 4.42. The molecule has 0 saturated heterocycles. The van der Waals surface area contributed by atoms with Crippen LogP contribution in [0.15, 0.2) is 24.4 Å². The number of aryl methyl sites for hydroxylation is 1. The van der Waals surface area contributed by atoms with Crippen molar-refractivity contribution in [2.24, 2.45) is 0 Å². The minimum atomic E-state index is 0.611. The Bertz CT molecular complexity index is 785. The topological polar surface area (TPSA) is 33.6 Å². The summed E-state index contributed by atoms with van der Waals surface area (Å²) in [6, 6.07) is 6.17. The summed E-state index contributed by atoms with van der Waals surface area (Å²) in [5, 5.41) is 0.611. The van der Waals surface area contributed by atoms with Gasteiger partial charge in [0.25, 0.3) is 0 Å². The lowest BCUT2D eigenvalue weighted by Gasteiger charge is -2.01. The van der Waals surface area contributed by atoms with E-state index in [9.17, 15) is 0 Å². The second-order valence-corrected chi connectivity index (χ2v) is 6.34. The molecule has 0 spiro atoms. The van der Waals surface area contributed by atoms with Crippen LogP contribution in [-0.4, -0.2) is 14.5 Å². The van der Waals surface area contributed by atoms with Crippen molar-refractivity contribution >= 4 is 46.3 Å². The number of nitrogens with zero attached hydrogens (tertiary/aromatic N) is 2. The minimum Gasteiger partial charge on any atom is -0.329 e. The van der Waals surface area contributed by atoms with Gasteiger partial charge in [0.2, 0.25) is 0 Å². The van der Waals surface area contributed by atoms with E-state index in [-0.39, 0.29) is 0 Å². The zero-order valence-electron chi connectivity index (χ0n) is 10.3. The summed E-state index contributed by atoms with van der Waals surface area (Å²) < 4.78 is 2.68. The Morgan fingerprint density at radius 1 is 1.42 bits per heavy atom. The number of rotatable bonds is 3. The molecule has 0 aromatic carbocycles. The maximum Gasteiger partial charge on any atom is 0.179 e. The molecule has 3 aromatic rings. The number of nitrogens with one attached hydrogen (secondary N) is 1. The van der Waals surface area contributed by atoms with E-state index >= 15 is 0 Å². The molecule has 0 atom stereocenters. The van der Waals surface area contributed by atoms with Crippen molar-refractivity contribution in [3.63, 3.8) is 0 Å². The number of thiophene rings is 1. The first-order valence-corrected chi connectivity index (χ1v) is 7.59. The zero-order chi connectivity index (χ0) is 13.4. The average molecular weight is 310 g/mol. The van der Waals surface area contributed by atoms with Gasteiger partial charge in [-0.2, -0.15) is 0 Å². The van der Waals surface area contributed by atoms with Gasteiger partial charge >= 0.3 is 0 Å². The molecule has 3 aromatic heterocycles. The van der Waals surface area contributed by atoms with Gasteiger partial charge < -0.3 is 4.98 Å². The Balaban J connectivity index is 2.05. The van der Waals surface area contributed by atoms with Crippen LogP contribution < -0.4 is 0 Å². The fraction of sp³-hybridized carbons (Fsp3) is 0.231. The van der Waals surface area contributed by atoms with Gasteiger partial charge in [0, 0.05) is 16.0 Å². The minimum absolute atomic E-state index is 0.611. The smallest absolute Gasteiger partial charge is 0.179 e. The van der Waals surface area contributed by atoms with Crippen LogP contribution in [0.3, 0.4) is 0 Å². The summed E-state index contributed by atoms with van der Waals surface area (Å²) in [7, 11) is 0. The van der Waals surface area contributed by atoms with Crippen LogP contribution in [-0.2, 0) is 13.0 Å².